The van der Waals surface area contributed by atoms with Crippen molar-refractivity contribution in [1.29, 1.82) is 0 Å². The van der Waals surface area contributed by atoms with Gasteiger partial charge in [0.05, 0.1) is 12.7 Å². The van der Waals surface area contributed by atoms with E-state index in [0.29, 0.717) is 12.4 Å². The van der Waals surface area contributed by atoms with E-state index in [1.807, 2.05) is 31.2 Å². The fourth-order valence-electron chi connectivity index (χ4n) is 1.51. The third-order valence-electron chi connectivity index (χ3n) is 2.49. The lowest BCUT2D eigenvalue weighted by Gasteiger charge is -2.10. The number of benzene rings is 1. The molecule has 1 atom stereocenters. The zero-order chi connectivity index (χ0) is 13.0. The van der Waals surface area contributed by atoms with Gasteiger partial charge in [0.1, 0.15) is 5.82 Å². The SMILES string of the molecule is Cc1nc(-c2ccc(NCC(O)CO)cc2)n[nH]1. The Labute approximate surface area is 105 Å². The number of hydrogen-bond donors (Lipinski definition) is 4. The highest BCUT2D eigenvalue weighted by Gasteiger charge is 2.04. The molecule has 0 fully saturated rings. The largest absolute Gasteiger partial charge is 0.394 e. The standard InChI is InChI=1S/C12H16N4O2/c1-8-14-12(16-15-8)9-2-4-10(5-3-9)13-6-11(18)7-17/h2-5,11,13,17-18H,6-7H2,1H3,(H,14,15,16). The van der Waals surface area contributed by atoms with E-state index in [1.165, 1.54) is 0 Å². The van der Waals surface area contributed by atoms with Gasteiger partial charge in [-0.15, -0.1) is 0 Å². The molecular weight excluding hydrogens is 232 g/mol. The van der Waals surface area contributed by atoms with Crippen molar-refractivity contribution in [3.8, 4) is 11.4 Å². The normalized spacial score (nSPS) is 12.4. The molecule has 1 heterocycles. The number of H-pyrrole nitrogens is 1. The van der Waals surface area contributed by atoms with Crippen LogP contribution in [0, 0.1) is 6.92 Å². The molecule has 0 aliphatic carbocycles. The molecule has 0 saturated heterocycles. The zero-order valence-electron chi connectivity index (χ0n) is 10.1. The molecule has 2 aromatic rings. The maximum absolute atomic E-state index is 9.22. The van der Waals surface area contributed by atoms with E-state index in [9.17, 15) is 5.11 Å². The van der Waals surface area contributed by atoms with Crippen LogP contribution in [0.25, 0.3) is 11.4 Å². The first kappa shape index (κ1) is 12.5. The lowest BCUT2D eigenvalue weighted by Crippen LogP contribution is -2.22. The quantitative estimate of drug-likeness (QED) is 0.620. The van der Waals surface area contributed by atoms with E-state index in [1.54, 1.807) is 0 Å². The van der Waals surface area contributed by atoms with Gasteiger partial charge in [-0.25, -0.2) is 4.98 Å². The Kier molecular flexibility index (Phi) is 3.91. The summed E-state index contributed by atoms with van der Waals surface area (Å²) < 4.78 is 0. The van der Waals surface area contributed by atoms with Crippen molar-refractivity contribution in [1.82, 2.24) is 15.2 Å². The van der Waals surface area contributed by atoms with Crippen molar-refractivity contribution in [3.05, 3.63) is 30.1 Å². The molecule has 4 N–H and O–H groups in total. The van der Waals surface area contributed by atoms with Gasteiger partial charge in [-0.2, -0.15) is 5.10 Å². The maximum atomic E-state index is 9.22. The Morgan fingerprint density at radius 3 is 2.61 bits per heavy atom. The van der Waals surface area contributed by atoms with Crippen LogP contribution in [0.3, 0.4) is 0 Å². The summed E-state index contributed by atoms with van der Waals surface area (Å²) in [5.74, 6) is 1.44. The topological polar surface area (TPSA) is 94.1 Å². The van der Waals surface area contributed by atoms with Gasteiger partial charge in [-0.3, -0.25) is 5.10 Å². The average molecular weight is 248 g/mol. The fraction of sp³-hybridized carbons (Fsp3) is 0.333. The summed E-state index contributed by atoms with van der Waals surface area (Å²) in [7, 11) is 0. The molecule has 18 heavy (non-hydrogen) atoms. The predicted molar refractivity (Wildman–Crippen MR) is 68.1 cm³/mol. The summed E-state index contributed by atoms with van der Waals surface area (Å²) >= 11 is 0. The van der Waals surface area contributed by atoms with E-state index in [2.05, 4.69) is 20.5 Å². The molecular formula is C12H16N4O2. The average Bonchev–Trinajstić information content (AvgIpc) is 2.83. The first-order valence-corrected chi connectivity index (χ1v) is 5.71. The number of hydrogen-bond acceptors (Lipinski definition) is 5. The maximum Gasteiger partial charge on any atom is 0.181 e. The van der Waals surface area contributed by atoms with Crippen molar-refractivity contribution in [2.75, 3.05) is 18.5 Å². The number of aliphatic hydroxyl groups excluding tert-OH is 2. The third kappa shape index (κ3) is 3.06. The van der Waals surface area contributed by atoms with Crippen molar-refractivity contribution < 1.29 is 10.2 Å². The van der Waals surface area contributed by atoms with Gasteiger partial charge in [-0.05, 0) is 31.2 Å². The second-order valence-corrected chi connectivity index (χ2v) is 4.04. The van der Waals surface area contributed by atoms with Crippen molar-refractivity contribution >= 4 is 5.69 Å². The zero-order valence-corrected chi connectivity index (χ0v) is 10.1. The number of nitrogens with zero attached hydrogens (tertiary/aromatic N) is 2. The highest BCUT2D eigenvalue weighted by molar-refractivity contribution is 5.59. The van der Waals surface area contributed by atoms with Gasteiger partial charge < -0.3 is 15.5 Å². The Morgan fingerprint density at radius 1 is 1.33 bits per heavy atom. The lowest BCUT2D eigenvalue weighted by atomic mass is 10.2. The molecule has 6 nitrogen and oxygen atoms in total. The van der Waals surface area contributed by atoms with Gasteiger partial charge in [0.2, 0.25) is 0 Å². The van der Waals surface area contributed by atoms with Gasteiger partial charge in [0, 0.05) is 17.8 Å². The summed E-state index contributed by atoms with van der Waals surface area (Å²) in [6.45, 7) is 1.92. The molecule has 96 valence electrons. The lowest BCUT2D eigenvalue weighted by molar-refractivity contribution is 0.105. The summed E-state index contributed by atoms with van der Waals surface area (Å²) in [4.78, 5) is 4.24. The molecule has 0 radical (unpaired) electrons. The number of aliphatic hydroxyl groups is 2. The van der Waals surface area contributed by atoms with Crippen molar-refractivity contribution in [3.63, 3.8) is 0 Å². The molecule has 1 aromatic carbocycles. The van der Waals surface area contributed by atoms with Gasteiger partial charge in [0.15, 0.2) is 5.82 Å². The second kappa shape index (κ2) is 5.61. The predicted octanol–water partition coefficient (Wildman–Crippen LogP) is 0.545. The number of nitrogens with one attached hydrogen (secondary N) is 2. The second-order valence-electron chi connectivity index (χ2n) is 4.04. The van der Waals surface area contributed by atoms with Crippen LogP contribution in [0.4, 0.5) is 5.69 Å². The fourth-order valence-corrected chi connectivity index (χ4v) is 1.51. The summed E-state index contributed by atoms with van der Waals surface area (Å²) in [6.07, 6.45) is -0.750. The number of aryl methyl sites for hydroxylation is 1. The van der Waals surface area contributed by atoms with Crippen LogP contribution in [0.2, 0.25) is 0 Å². The number of rotatable bonds is 5. The number of anilines is 1. The molecule has 0 saturated carbocycles. The van der Waals surface area contributed by atoms with Crippen LogP contribution in [0.5, 0.6) is 0 Å². The summed E-state index contributed by atoms with van der Waals surface area (Å²) in [6, 6.07) is 7.56. The van der Waals surface area contributed by atoms with Gasteiger partial charge in [-0.1, -0.05) is 0 Å². The molecule has 6 heteroatoms. The Hall–Kier alpha value is -1.92. The summed E-state index contributed by atoms with van der Waals surface area (Å²) in [5, 5.41) is 27.8. The number of aromatic nitrogens is 3. The molecule has 0 amide bonds. The van der Waals surface area contributed by atoms with Crippen LogP contribution in [0.15, 0.2) is 24.3 Å². The third-order valence-corrected chi connectivity index (χ3v) is 2.49. The van der Waals surface area contributed by atoms with Gasteiger partial charge >= 0.3 is 0 Å². The first-order chi connectivity index (χ1) is 8.69. The monoisotopic (exact) mass is 248 g/mol. The highest BCUT2D eigenvalue weighted by atomic mass is 16.3. The minimum atomic E-state index is -0.750. The van der Waals surface area contributed by atoms with Crippen LogP contribution >= 0.6 is 0 Å². The van der Waals surface area contributed by atoms with Crippen LogP contribution in [-0.2, 0) is 0 Å². The molecule has 1 unspecified atom stereocenters. The molecule has 0 aliphatic heterocycles. The summed E-state index contributed by atoms with van der Waals surface area (Å²) in [5.41, 5.74) is 1.80. The van der Waals surface area contributed by atoms with Crippen molar-refractivity contribution in [2.24, 2.45) is 0 Å². The van der Waals surface area contributed by atoms with E-state index >= 15 is 0 Å². The molecule has 0 aliphatic rings. The molecule has 0 bridgehead atoms. The molecule has 1 aromatic heterocycles. The van der Waals surface area contributed by atoms with Crippen LogP contribution in [-0.4, -0.2) is 44.7 Å². The van der Waals surface area contributed by atoms with Crippen LogP contribution < -0.4 is 5.32 Å². The van der Waals surface area contributed by atoms with Gasteiger partial charge in [0.25, 0.3) is 0 Å². The molecule has 2 rings (SSSR count). The minimum Gasteiger partial charge on any atom is -0.394 e. The Morgan fingerprint density at radius 2 is 2.06 bits per heavy atom. The van der Waals surface area contributed by atoms with E-state index in [4.69, 9.17) is 5.11 Å². The number of aromatic amines is 1. The molecule has 0 spiro atoms. The van der Waals surface area contributed by atoms with E-state index < -0.39 is 6.10 Å². The first-order valence-electron chi connectivity index (χ1n) is 5.71. The minimum absolute atomic E-state index is 0.248. The highest BCUT2D eigenvalue weighted by Crippen LogP contribution is 2.17. The Balaban J connectivity index is 2.01. The Bertz CT molecular complexity index is 495. The van der Waals surface area contributed by atoms with Crippen LogP contribution in [0.1, 0.15) is 5.82 Å². The van der Waals surface area contributed by atoms with E-state index in [-0.39, 0.29) is 6.61 Å². The van der Waals surface area contributed by atoms with Crippen molar-refractivity contribution in [2.45, 2.75) is 13.0 Å². The smallest absolute Gasteiger partial charge is 0.181 e. The van der Waals surface area contributed by atoms with E-state index in [0.717, 1.165) is 17.1 Å².